The Hall–Kier alpha value is -2.11. The van der Waals surface area contributed by atoms with E-state index in [0.29, 0.717) is 18.7 Å². The summed E-state index contributed by atoms with van der Waals surface area (Å²) in [5, 5.41) is 0. The van der Waals surface area contributed by atoms with E-state index in [9.17, 15) is 30.8 Å². The molecule has 36 heavy (non-hydrogen) atoms. The monoisotopic (exact) mass is 548 g/mol. The van der Waals surface area contributed by atoms with Gasteiger partial charge in [-0.2, -0.15) is 13.2 Å². The van der Waals surface area contributed by atoms with Crippen LogP contribution in [-0.2, 0) is 30.3 Å². The van der Waals surface area contributed by atoms with Crippen LogP contribution in [0.1, 0.15) is 30.4 Å². The molecule has 0 saturated heterocycles. The van der Waals surface area contributed by atoms with E-state index in [0.717, 1.165) is 36.4 Å². The smallest absolute Gasteiger partial charge is 0.381 e. The predicted molar refractivity (Wildman–Crippen MR) is 128 cm³/mol. The molecular formula is C25H29F5O4SSi. The Morgan fingerprint density at radius 1 is 1.06 bits per heavy atom. The van der Waals surface area contributed by atoms with Gasteiger partial charge in [0.05, 0.1) is 17.1 Å². The second-order valence-corrected chi connectivity index (χ2v) is 18.3. The second kappa shape index (κ2) is 10.3. The highest BCUT2D eigenvalue weighted by Gasteiger charge is 2.53. The summed E-state index contributed by atoms with van der Waals surface area (Å²) in [4.78, 5) is 12.3. The average Bonchev–Trinajstić information content (AvgIpc) is 2.78. The molecule has 4 nitrogen and oxygen atoms in total. The maximum absolute atomic E-state index is 15.0. The molecule has 1 aliphatic rings. The number of Topliss-reactive ketones (excluding diaryl/α,β-unsaturated/α-hetero) is 1. The first-order valence-electron chi connectivity index (χ1n) is 11.5. The van der Waals surface area contributed by atoms with Gasteiger partial charge in [0, 0.05) is 32.6 Å². The number of sulfone groups is 1. The van der Waals surface area contributed by atoms with Crippen molar-refractivity contribution in [3.63, 3.8) is 0 Å². The Labute approximate surface area is 208 Å². The molecule has 0 aliphatic heterocycles. The largest absolute Gasteiger partial charge is 0.416 e. The molecule has 0 amide bonds. The third kappa shape index (κ3) is 6.05. The van der Waals surface area contributed by atoms with Crippen molar-refractivity contribution in [2.24, 2.45) is 5.92 Å². The molecule has 3 rings (SSSR count). The molecule has 1 fully saturated rings. The van der Waals surface area contributed by atoms with Crippen LogP contribution in [0.3, 0.4) is 0 Å². The molecular weight excluding hydrogens is 519 g/mol. The Balaban J connectivity index is 2.05. The van der Waals surface area contributed by atoms with Crippen LogP contribution in [0, 0.1) is 17.6 Å². The molecule has 0 N–H and O–H groups in total. The van der Waals surface area contributed by atoms with Gasteiger partial charge < -0.3 is 4.74 Å². The van der Waals surface area contributed by atoms with Crippen LogP contribution in [-0.4, -0.2) is 35.5 Å². The number of ether oxygens (including phenoxy) is 1. The van der Waals surface area contributed by atoms with Crippen LogP contribution in [0.2, 0.25) is 25.7 Å². The third-order valence-electron chi connectivity index (χ3n) is 6.55. The summed E-state index contributed by atoms with van der Waals surface area (Å²) >= 11 is 0. The number of halogens is 5. The topological polar surface area (TPSA) is 60.4 Å². The molecule has 0 spiro atoms. The van der Waals surface area contributed by atoms with Crippen LogP contribution >= 0.6 is 0 Å². The second-order valence-electron chi connectivity index (χ2n) is 10.4. The molecule has 0 bridgehead atoms. The van der Waals surface area contributed by atoms with Crippen molar-refractivity contribution in [1.82, 2.24) is 0 Å². The zero-order valence-electron chi connectivity index (χ0n) is 20.3. The maximum atomic E-state index is 15.0. The van der Waals surface area contributed by atoms with Crippen molar-refractivity contribution >= 4 is 23.7 Å². The van der Waals surface area contributed by atoms with Crippen molar-refractivity contribution in [3.05, 3.63) is 65.2 Å². The summed E-state index contributed by atoms with van der Waals surface area (Å²) in [5.74, 6) is -2.99. The van der Waals surface area contributed by atoms with Crippen molar-refractivity contribution in [2.75, 3.05) is 13.2 Å². The van der Waals surface area contributed by atoms with Crippen molar-refractivity contribution < 1.29 is 39.9 Å². The fourth-order valence-electron chi connectivity index (χ4n) is 4.43. The minimum atomic E-state index is -4.68. The number of carbonyl (C=O) groups excluding carboxylic acids is 1. The SMILES string of the molecule is C[Si](C)(C)CCOCC1CC(c2cc(F)ccc2F)(S(=O)(=O)c2ccc(C(F)(F)F)cc2)CCC1=O. The Kier molecular flexibility index (Phi) is 8.17. The summed E-state index contributed by atoms with van der Waals surface area (Å²) in [6.45, 7) is 6.75. The fraction of sp³-hybridized carbons (Fsp3) is 0.480. The Bertz CT molecular complexity index is 1210. The van der Waals surface area contributed by atoms with Gasteiger partial charge in [0.15, 0.2) is 9.84 Å². The summed E-state index contributed by atoms with van der Waals surface area (Å²) < 4.78 is 99.9. The number of hydrogen-bond donors (Lipinski definition) is 0. The molecule has 2 aromatic rings. The zero-order valence-corrected chi connectivity index (χ0v) is 22.1. The quantitative estimate of drug-likeness (QED) is 0.218. The Morgan fingerprint density at radius 2 is 1.69 bits per heavy atom. The van der Waals surface area contributed by atoms with Gasteiger partial charge >= 0.3 is 6.18 Å². The number of alkyl halides is 3. The van der Waals surface area contributed by atoms with Gasteiger partial charge in [0.1, 0.15) is 22.2 Å². The number of rotatable bonds is 8. The molecule has 0 heterocycles. The standard InChI is InChI=1S/C25H29F5O4SSi/c1-36(2,3)13-12-34-16-17-15-24(11-10-23(17)31,21-14-19(26)6-9-22(21)27)35(32,33)20-7-4-18(5-8-20)25(28,29)30/h4-9,14,17H,10-13,15-16H2,1-3H3. The Morgan fingerprint density at radius 3 is 2.28 bits per heavy atom. The first-order chi connectivity index (χ1) is 16.6. The number of benzene rings is 2. The molecule has 11 heteroatoms. The van der Waals surface area contributed by atoms with E-state index in [1.165, 1.54) is 0 Å². The average molecular weight is 549 g/mol. The van der Waals surface area contributed by atoms with Gasteiger partial charge in [0.25, 0.3) is 0 Å². The van der Waals surface area contributed by atoms with Crippen molar-refractivity contribution in [1.29, 1.82) is 0 Å². The fourth-order valence-corrected chi connectivity index (χ4v) is 7.37. The molecule has 1 saturated carbocycles. The summed E-state index contributed by atoms with van der Waals surface area (Å²) in [5.41, 5.74) is -1.48. The number of hydrogen-bond acceptors (Lipinski definition) is 4. The molecule has 0 radical (unpaired) electrons. The summed E-state index contributed by atoms with van der Waals surface area (Å²) in [6, 6.07) is 6.16. The number of carbonyl (C=O) groups is 1. The van der Waals surface area contributed by atoms with Crippen molar-refractivity contribution in [3.8, 4) is 0 Å². The van der Waals surface area contributed by atoms with Gasteiger partial charge in [-0.1, -0.05) is 19.6 Å². The van der Waals surface area contributed by atoms with Crippen LogP contribution in [0.5, 0.6) is 0 Å². The van der Waals surface area contributed by atoms with E-state index in [1.807, 2.05) is 0 Å². The molecule has 0 aromatic heterocycles. The van der Waals surface area contributed by atoms with E-state index in [2.05, 4.69) is 19.6 Å². The van der Waals surface area contributed by atoms with Gasteiger partial charge in [0.2, 0.25) is 0 Å². The highest BCUT2D eigenvalue weighted by molar-refractivity contribution is 7.92. The van der Waals surface area contributed by atoms with Gasteiger partial charge in [-0.15, -0.1) is 0 Å². The lowest BCUT2D eigenvalue weighted by molar-refractivity contribution is -0.137. The maximum Gasteiger partial charge on any atom is 0.416 e. The summed E-state index contributed by atoms with van der Waals surface area (Å²) in [6.07, 6.45) is -5.61. The van der Waals surface area contributed by atoms with Gasteiger partial charge in [-0.3, -0.25) is 4.79 Å². The molecule has 2 atom stereocenters. The third-order valence-corrected chi connectivity index (χ3v) is 10.8. The highest BCUT2D eigenvalue weighted by atomic mass is 32.2. The molecule has 1 aliphatic carbocycles. The van der Waals surface area contributed by atoms with Crippen LogP contribution in [0.15, 0.2) is 47.4 Å². The van der Waals surface area contributed by atoms with E-state index < -0.39 is 62.4 Å². The zero-order chi connectivity index (χ0) is 26.9. The van der Waals surface area contributed by atoms with Gasteiger partial charge in [-0.05, 0) is 61.4 Å². The predicted octanol–water partition coefficient (Wildman–Crippen LogP) is 6.38. The van der Waals surface area contributed by atoms with Crippen LogP contribution in [0.25, 0.3) is 0 Å². The lowest BCUT2D eigenvalue weighted by atomic mass is 9.76. The van der Waals surface area contributed by atoms with Crippen LogP contribution in [0.4, 0.5) is 22.0 Å². The van der Waals surface area contributed by atoms with E-state index in [4.69, 9.17) is 4.74 Å². The normalized spacial score (nSPS) is 21.6. The van der Waals surface area contributed by atoms with E-state index >= 15 is 4.39 Å². The highest BCUT2D eigenvalue weighted by Crippen LogP contribution is 2.49. The molecule has 198 valence electrons. The van der Waals surface area contributed by atoms with Crippen LogP contribution < -0.4 is 0 Å². The number of ketones is 1. The lowest BCUT2D eigenvalue weighted by Crippen LogP contribution is -2.45. The molecule has 2 aromatic carbocycles. The first kappa shape index (κ1) is 28.5. The lowest BCUT2D eigenvalue weighted by Gasteiger charge is -2.40. The first-order valence-corrected chi connectivity index (χ1v) is 16.7. The summed E-state index contributed by atoms with van der Waals surface area (Å²) in [7, 11) is -5.99. The minimum absolute atomic E-state index is 0.0788. The molecule has 2 unspecified atom stereocenters. The van der Waals surface area contributed by atoms with E-state index in [1.54, 1.807) is 0 Å². The van der Waals surface area contributed by atoms with Gasteiger partial charge in [-0.25, -0.2) is 17.2 Å². The van der Waals surface area contributed by atoms with Crippen molar-refractivity contribution in [2.45, 2.75) is 60.8 Å². The van der Waals surface area contributed by atoms with E-state index in [-0.39, 0.29) is 31.7 Å². The minimum Gasteiger partial charge on any atom is -0.381 e.